The summed E-state index contributed by atoms with van der Waals surface area (Å²) in [5, 5.41) is 23.9. The molecule has 1 fully saturated rings. The standard InChI is InChI=1S/C16H33NO5/c1-10-13(17-8-11(18)7-16(2,3)4)14(19)15(21-6)12(22-10)9-20-5/h10-15,17-19H,7-9H2,1-6H3. The van der Waals surface area contributed by atoms with Crippen molar-refractivity contribution in [2.75, 3.05) is 27.4 Å². The summed E-state index contributed by atoms with van der Waals surface area (Å²) < 4.78 is 16.4. The van der Waals surface area contributed by atoms with Crippen LogP contribution in [0.1, 0.15) is 34.1 Å². The van der Waals surface area contributed by atoms with Crippen LogP contribution in [0.15, 0.2) is 0 Å². The molecule has 0 aromatic heterocycles. The summed E-state index contributed by atoms with van der Waals surface area (Å²) >= 11 is 0. The fourth-order valence-electron chi connectivity index (χ4n) is 3.07. The Morgan fingerprint density at radius 1 is 1.27 bits per heavy atom. The molecule has 1 aliphatic heterocycles. The number of aliphatic hydroxyl groups is 2. The number of nitrogens with one attached hydrogen (secondary N) is 1. The molecule has 6 heteroatoms. The van der Waals surface area contributed by atoms with Crippen LogP contribution in [0, 0.1) is 5.41 Å². The van der Waals surface area contributed by atoms with Crippen molar-refractivity contribution >= 4 is 0 Å². The van der Waals surface area contributed by atoms with Gasteiger partial charge in [0.15, 0.2) is 0 Å². The Morgan fingerprint density at radius 3 is 2.41 bits per heavy atom. The SMILES string of the molecule is COCC1OC(C)C(NCC(O)CC(C)(C)C)C(O)C1OC. The highest BCUT2D eigenvalue weighted by Gasteiger charge is 2.43. The highest BCUT2D eigenvalue weighted by molar-refractivity contribution is 4.96. The van der Waals surface area contributed by atoms with Gasteiger partial charge in [0.05, 0.1) is 24.9 Å². The van der Waals surface area contributed by atoms with E-state index in [9.17, 15) is 10.2 Å². The molecule has 0 radical (unpaired) electrons. The summed E-state index contributed by atoms with van der Waals surface area (Å²) in [4.78, 5) is 0. The molecule has 6 nitrogen and oxygen atoms in total. The topological polar surface area (TPSA) is 80.2 Å². The summed E-state index contributed by atoms with van der Waals surface area (Å²) in [6, 6.07) is -0.285. The summed E-state index contributed by atoms with van der Waals surface area (Å²) in [6.07, 6.45) is -1.42. The van der Waals surface area contributed by atoms with Gasteiger partial charge in [-0.1, -0.05) is 20.8 Å². The molecule has 22 heavy (non-hydrogen) atoms. The van der Waals surface area contributed by atoms with E-state index >= 15 is 0 Å². The van der Waals surface area contributed by atoms with Crippen LogP contribution in [0.2, 0.25) is 0 Å². The molecule has 6 atom stereocenters. The van der Waals surface area contributed by atoms with Crippen molar-refractivity contribution in [1.29, 1.82) is 0 Å². The number of methoxy groups -OCH3 is 2. The molecular weight excluding hydrogens is 286 g/mol. The number of aliphatic hydroxyl groups excluding tert-OH is 2. The molecule has 0 aromatic carbocycles. The van der Waals surface area contributed by atoms with Gasteiger partial charge in [0.1, 0.15) is 18.3 Å². The Labute approximate surface area is 134 Å². The molecular formula is C16H33NO5. The lowest BCUT2D eigenvalue weighted by Gasteiger charge is -2.43. The zero-order chi connectivity index (χ0) is 16.9. The molecule has 0 bridgehead atoms. The largest absolute Gasteiger partial charge is 0.392 e. The van der Waals surface area contributed by atoms with Gasteiger partial charge >= 0.3 is 0 Å². The van der Waals surface area contributed by atoms with Crippen LogP contribution in [0.25, 0.3) is 0 Å². The van der Waals surface area contributed by atoms with Crippen molar-refractivity contribution in [3.05, 3.63) is 0 Å². The highest BCUT2D eigenvalue weighted by atomic mass is 16.6. The first-order valence-electron chi connectivity index (χ1n) is 7.96. The van der Waals surface area contributed by atoms with Gasteiger partial charge in [0, 0.05) is 20.8 Å². The van der Waals surface area contributed by atoms with E-state index in [1.54, 1.807) is 14.2 Å². The fraction of sp³-hybridized carbons (Fsp3) is 1.00. The van der Waals surface area contributed by atoms with Crippen molar-refractivity contribution in [3.8, 4) is 0 Å². The van der Waals surface area contributed by atoms with E-state index in [1.807, 2.05) is 6.92 Å². The van der Waals surface area contributed by atoms with Gasteiger partial charge in [0.2, 0.25) is 0 Å². The second-order valence-corrected chi connectivity index (χ2v) is 7.38. The van der Waals surface area contributed by atoms with Crippen LogP contribution >= 0.6 is 0 Å². The van der Waals surface area contributed by atoms with Gasteiger partial charge in [-0.2, -0.15) is 0 Å². The predicted octanol–water partition coefficient (Wildman–Crippen LogP) is 0.551. The maximum Gasteiger partial charge on any atom is 0.113 e. The average Bonchev–Trinajstić information content (AvgIpc) is 2.36. The molecule has 1 saturated heterocycles. The second kappa shape index (κ2) is 8.57. The number of ether oxygens (including phenoxy) is 3. The van der Waals surface area contributed by atoms with E-state index in [0.717, 1.165) is 0 Å². The van der Waals surface area contributed by atoms with Crippen molar-refractivity contribution < 1.29 is 24.4 Å². The Hall–Kier alpha value is -0.240. The van der Waals surface area contributed by atoms with Crippen LogP contribution in [-0.2, 0) is 14.2 Å². The first-order valence-corrected chi connectivity index (χ1v) is 7.96. The number of hydrogen-bond donors (Lipinski definition) is 3. The molecule has 0 saturated carbocycles. The minimum absolute atomic E-state index is 0.0625. The normalized spacial score (nSPS) is 34.6. The maximum absolute atomic E-state index is 10.5. The summed E-state index contributed by atoms with van der Waals surface area (Å²) in [7, 11) is 3.15. The van der Waals surface area contributed by atoms with Crippen molar-refractivity contribution in [1.82, 2.24) is 5.32 Å². The Kier molecular flexibility index (Phi) is 7.71. The Morgan fingerprint density at radius 2 is 1.91 bits per heavy atom. The molecule has 3 N–H and O–H groups in total. The van der Waals surface area contributed by atoms with E-state index in [2.05, 4.69) is 26.1 Å². The summed E-state index contributed by atoms with van der Waals surface area (Å²) in [6.45, 7) is 8.97. The third-order valence-corrected chi connectivity index (χ3v) is 4.01. The van der Waals surface area contributed by atoms with Crippen LogP contribution in [0.4, 0.5) is 0 Å². The monoisotopic (exact) mass is 319 g/mol. The van der Waals surface area contributed by atoms with E-state index in [1.165, 1.54) is 0 Å². The zero-order valence-electron chi connectivity index (χ0n) is 14.7. The summed E-state index contributed by atoms with van der Waals surface area (Å²) in [5.41, 5.74) is 0.0625. The van der Waals surface area contributed by atoms with E-state index in [4.69, 9.17) is 14.2 Å². The quantitative estimate of drug-likeness (QED) is 0.636. The van der Waals surface area contributed by atoms with Gasteiger partial charge in [0.25, 0.3) is 0 Å². The number of hydrogen-bond acceptors (Lipinski definition) is 6. The molecule has 0 aromatic rings. The average molecular weight is 319 g/mol. The predicted molar refractivity (Wildman–Crippen MR) is 84.9 cm³/mol. The second-order valence-electron chi connectivity index (χ2n) is 7.38. The molecule has 132 valence electrons. The lowest BCUT2D eigenvalue weighted by molar-refractivity contribution is -0.201. The summed E-state index contributed by atoms with van der Waals surface area (Å²) in [5.74, 6) is 0. The van der Waals surface area contributed by atoms with Crippen LogP contribution in [0.3, 0.4) is 0 Å². The van der Waals surface area contributed by atoms with E-state index < -0.39 is 18.3 Å². The van der Waals surface area contributed by atoms with Crippen LogP contribution in [0.5, 0.6) is 0 Å². The van der Waals surface area contributed by atoms with Crippen LogP contribution < -0.4 is 5.32 Å². The molecule has 1 aliphatic rings. The molecule has 0 amide bonds. The van der Waals surface area contributed by atoms with E-state index in [-0.39, 0.29) is 23.7 Å². The maximum atomic E-state index is 10.5. The minimum Gasteiger partial charge on any atom is -0.392 e. The lowest BCUT2D eigenvalue weighted by Crippen LogP contribution is -2.63. The van der Waals surface area contributed by atoms with Gasteiger partial charge < -0.3 is 29.7 Å². The Balaban J connectivity index is 2.59. The van der Waals surface area contributed by atoms with Crippen LogP contribution in [-0.4, -0.2) is 74.1 Å². The molecule has 1 rings (SSSR count). The third kappa shape index (κ3) is 5.76. The van der Waals surface area contributed by atoms with Gasteiger partial charge in [-0.05, 0) is 18.8 Å². The van der Waals surface area contributed by atoms with Crippen molar-refractivity contribution in [2.45, 2.75) is 70.7 Å². The first kappa shape index (κ1) is 19.8. The van der Waals surface area contributed by atoms with Gasteiger partial charge in [-0.25, -0.2) is 0 Å². The van der Waals surface area contributed by atoms with Gasteiger partial charge in [-0.15, -0.1) is 0 Å². The van der Waals surface area contributed by atoms with Gasteiger partial charge in [-0.3, -0.25) is 0 Å². The Bertz CT molecular complexity index is 320. The zero-order valence-corrected chi connectivity index (χ0v) is 14.7. The molecule has 1 heterocycles. The van der Waals surface area contributed by atoms with Crippen molar-refractivity contribution in [2.24, 2.45) is 5.41 Å². The molecule has 6 unspecified atom stereocenters. The number of rotatable bonds is 7. The van der Waals surface area contributed by atoms with Crippen molar-refractivity contribution in [3.63, 3.8) is 0 Å². The lowest BCUT2D eigenvalue weighted by atomic mass is 9.88. The first-order chi connectivity index (χ1) is 10.2. The minimum atomic E-state index is -0.712. The third-order valence-electron chi connectivity index (χ3n) is 4.01. The smallest absolute Gasteiger partial charge is 0.113 e. The van der Waals surface area contributed by atoms with E-state index in [0.29, 0.717) is 19.6 Å². The fourth-order valence-corrected chi connectivity index (χ4v) is 3.07. The molecule has 0 aliphatic carbocycles. The highest BCUT2D eigenvalue weighted by Crippen LogP contribution is 2.24. The molecule has 0 spiro atoms.